The van der Waals surface area contributed by atoms with Gasteiger partial charge in [-0.25, -0.2) is 5.06 Å². The molecule has 6 nitrogen and oxygen atoms in total. The Labute approximate surface area is 130 Å². The van der Waals surface area contributed by atoms with E-state index < -0.39 is 19.0 Å². The molecule has 0 unspecified atom stereocenters. The minimum Gasteiger partial charge on any atom is -0.322 e. The number of nitrogens with zero attached hydrogens (tertiary/aromatic N) is 2. The molecule has 1 aromatic rings. The van der Waals surface area contributed by atoms with Crippen molar-refractivity contribution >= 4 is 19.0 Å². The van der Waals surface area contributed by atoms with Crippen LogP contribution in [0.5, 0.6) is 0 Å². The van der Waals surface area contributed by atoms with Crippen molar-refractivity contribution in [3.05, 3.63) is 48.6 Å². The van der Waals surface area contributed by atoms with E-state index >= 15 is 0 Å². The lowest BCUT2D eigenvalue weighted by atomic mass is 10.2. The van der Waals surface area contributed by atoms with Crippen LogP contribution < -0.4 is 0 Å². The Morgan fingerprint density at radius 1 is 1.27 bits per heavy atom. The maximum atomic E-state index is 12.5. The van der Waals surface area contributed by atoms with E-state index in [1.807, 2.05) is 0 Å². The first-order valence-electron chi connectivity index (χ1n) is 6.73. The summed E-state index contributed by atoms with van der Waals surface area (Å²) in [6.45, 7) is 6.17. The second kappa shape index (κ2) is 7.92. The van der Waals surface area contributed by atoms with E-state index in [0.717, 1.165) is 0 Å². The molecule has 0 saturated carbocycles. The summed E-state index contributed by atoms with van der Waals surface area (Å²) in [7, 11) is -2.56. The average Bonchev–Trinajstić information content (AvgIpc) is 2.45. The SMILES string of the molecule is C=CCC(=O)N(O)CN(CP(C)(C)=O)C(=O)c1ccccc1. The highest BCUT2D eigenvalue weighted by molar-refractivity contribution is 7.62. The zero-order valence-electron chi connectivity index (χ0n) is 12.8. The molecule has 0 saturated heterocycles. The largest absolute Gasteiger partial charge is 0.322 e. The van der Waals surface area contributed by atoms with Gasteiger partial charge in [-0.2, -0.15) is 0 Å². The molecule has 1 rings (SSSR count). The smallest absolute Gasteiger partial charge is 0.255 e. The molecule has 0 spiro atoms. The highest BCUT2D eigenvalue weighted by atomic mass is 31.2. The Hall–Kier alpha value is -1.91. The Morgan fingerprint density at radius 2 is 1.86 bits per heavy atom. The van der Waals surface area contributed by atoms with Gasteiger partial charge in [-0.3, -0.25) is 14.8 Å². The highest BCUT2D eigenvalue weighted by Crippen LogP contribution is 2.36. The molecule has 0 aliphatic rings. The highest BCUT2D eigenvalue weighted by Gasteiger charge is 2.24. The average molecular weight is 324 g/mol. The van der Waals surface area contributed by atoms with Gasteiger partial charge < -0.3 is 9.46 Å². The van der Waals surface area contributed by atoms with E-state index in [0.29, 0.717) is 10.6 Å². The Morgan fingerprint density at radius 3 is 2.36 bits per heavy atom. The third kappa shape index (κ3) is 5.84. The van der Waals surface area contributed by atoms with E-state index in [2.05, 4.69) is 6.58 Å². The summed E-state index contributed by atoms with van der Waals surface area (Å²) in [6.07, 6.45) is 1.29. The van der Waals surface area contributed by atoms with E-state index in [4.69, 9.17) is 0 Å². The molecule has 120 valence electrons. The summed E-state index contributed by atoms with van der Waals surface area (Å²) < 4.78 is 12.0. The Bertz CT molecular complexity index is 582. The summed E-state index contributed by atoms with van der Waals surface area (Å²) in [6, 6.07) is 8.44. The number of benzene rings is 1. The molecule has 0 heterocycles. The molecule has 1 aromatic carbocycles. The molecule has 22 heavy (non-hydrogen) atoms. The second-order valence-corrected chi connectivity index (χ2v) is 8.78. The van der Waals surface area contributed by atoms with Gasteiger partial charge in [0.1, 0.15) is 13.8 Å². The lowest BCUT2D eigenvalue weighted by molar-refractivity contribution is -0.170. The van der Waals surface area contributed by atoms with Gasteiger partial charge in [-0.05, 0) is 25.5 Å². The number of carbonyl (C=O) groups excluding carboxylic acids is 2. The third-order valence-electron chi connectivity index (χ3n) is 2.73. The van der Waals surface area contributed by atoms with Crippen LogP contribution in [-0.2, 0) is 9.36 Å². The van der Waals surface area contributed by atoms with Crippen LogP contribution in [0.2, 0.25) is 0 Å². The summed E-state index contributed by atoms with van der Waals surface area (Å²) in [4.78, 5) is 25.3. The van der Waals surface area contributed by atoms with Gasteiger partial charge in [0.2, 0.25) is 0 Å². The maximum Gasteiger partial charge on any atom is 0.255 e. The number of rotatable bonds is 7. The van der Waals surface area contributed by atoms with Crippen molar-refractivity contribution in [2.24, 2.45) is 0 Å². The molecule has 0 radical (unpaired) electrons. The van der Waals surface area contributed by atoms with Gasteiger partial charge in [0.25, 0.3) is 11.8 Å². The van der Waals surface area contributed by atoms with Gasteiger partial charge in [0.15, 0.2) is 0 Å². The molecule has 2 amide bonds. The van der Waals surface area contributed by atoms with E-state index in [1.165, 1.54) is 11.0 Å². The minimum atomic E-state index is -2.56. The molecule has 0 bridgehead atoms. The first-order chi connectivity index (χ1) is 10.2. The zero-order chi connectivity index (χ0) is 16.8. The molecule has 0 aromatic heterocycles. The molecule has 0 aliphatic heterocycles. The van der Waals surface area contributed by atoms with E-state index in [-0.39, 0.29) is 19.4 Å². The van der Waals surface area contributed by atoms with Crippen molar-refractivity contribution in [3.63, 3.8) is 0 Å². The van der Waals surface area contributed by atoms with Gasteiger partial charge in [-0.1, -0.05) is 24.3 Å². The minimum absolute atomic E-state index is 0.0286. The number of hydrogen-bond donors (Lipinski definition) is 1. The Balaban J connectivity index is 2.93. The Kier molecular flexibility index (Phi) is 6.53. The van der Waals surface area contributed by atoms with Crippen LogP contribution in [0.3, 0.4) is 0 Å². The first-order valence-corrected chi connectivity index (χ1v) is 9.51. The zero-order valence-corrected chi connectivity index (χ0v) is 13.7. The molecule has 0 atom stereocenters. The summed E-state index contributed by atoms with van der Waals surface area (Å²) in [5.74, 6) is -0.974. The van der Waals surface area contributed by atoms with Crippen molar-refractivity contribution in [1.82, 2.24) is 9.96 Å². The van der Waals surface area contributed by atoms with Crippen LogP contribution in [0.15, 0.2) is 43.0 Å². The monoisotopic (exact) mass is 324 g/mol. The topological polar surface area (TPSA) is 77.9 Å². The second-order valence-electron chi connectivity index (χ2n) is 5.35. The summed E-state index contributed by atoms with van der Waals surface area (Å²) >= 11 is 0. The lowest BCUT2D eigenvalue weighted by Crippen LogP contribution is -2.43. The third-order valence-corrected chi connectivity index (χ3v) is 3.75. The standard InChI is InChI=1S/C15H21N2O4P/c1-4-8-14(18)17(20)11-16(12-22(2,3)21)15(19)13-9-6-5-7-10-13/h4-7,9-10,20H,1,8,11-12H2,2-3H3. The van der Waals surface area contributed by atoms with Crippen molar-refractivity contribution in [2.45, 2.75) is 6.42 Å². The van der Waals surface area contributed by atoms with Crippen molar-refractivity contribution in [1.29, 1.82) is 0 Å². The van der Waals surface area contributed by atoms with Crippen LogP contribution in [0, 0.1) is 0 Å². The first kappa shape index (κ1) is 18.1. The van der Waals surface area contributed by atoms with Crippen LogP contribution in [0.4, 0.5) is 0 Å². The molecular formula is C15H21N2O4P. The molecule has 7 heteroatoms. The summed E-state index contributed by atoms with van der Waals surface area (Å²) in [5, 5.41) is 10.2. The predicted octanol–water partition coefficient (Wildman–Crippen LogP) is 2.46. The maximum absolute atomic E-state index is 12.5. The van der Waals surface area contributed by atoms with Gasteiger partial charge in [-0.15, -0.1) is 6.58 Å². The number of hydroxylamine groups is 2. The van der Waals surface area contributed by atoms with Gasteiger partial charge in [0, 0.05) is 12.0 Å². The van der Waals surface area contributed by atoms with Crippen LogP contribution in [0.1, 0.15) is 16.8 Å². The molecule has 1 N–H and O–H groups in total. The summed E-state index contributed by atoms with van der Waals surface area (Å²) in [5.41, 5.74) is 0.403. The lowest BCUT2D eigenvalue weighted by Gasteiger charge is -2.28. The number of hydrogen-bond acceptors (Lipinski definition) is 4. The van der Waals surface area contributed by atoms with Gasteiger partial charge in [0.05, 0.1) is 6.29 Å². The van der Waals surface area contributed by atoms with E-state index in [9.17, 15) is 19.4 Å². The van der Waals surface area contributed by atoms with Crippen molar-refractivity contribution in [2.75, 3.05) is 26.3 Å². The van der Waals surface area contributed by atoms with Gasteiger partial charge >= 0.3 is 0 Å². The molecule has 0 aliphatic carbocycles. The molecular weight excluding hydrogens is 303 g/mol. The fourth-order valence-corrected chi connectivity index (χ4v) is 2.86. The van der Waals surface area contributed by atoms with E-state index in [1.54, 1.807) is 43.7 Å². The number of amides is 2. The predicted molar refractivity (Wildman–Crippen MR) is 85.2 cm³/mol. The van der Waals surface area contributed by atoms with Crippen LogP contribution in [-0.4, -0.2) is 53.3 Å². The van der Waals surface area contributed by atoms with Crippen LogP contribution >= 0.6 is 7.14 Å². The fourth-order valence-electron chi connectivity index (χ4n) is 1.82. The number of carbonyl (C=O) groups is 2. The fraction of sp³-hybridized carbons (Fsp3) is 0.333. The van der Waals surface area contributed by atoms with Crippen LogP contribution in [0.25, 0.3) is 0 Å². The quantitative estimate of drug-likeness (QED) is 0.275. The van der Waals surface area contributed by atoms with Crippen molar-refractivity contribution < 1.29 is 19.4 Å². The normalized spacial score (nSPS) is 10.9. The molecule has 0 fully saturated rings. The van der Waals surface area contributed by atoms with Crippen molar-refractivity contribution in [3.8, 4) is 0 Å².